The minimum absolute atomic E-state index is 0.278. The van der Waals surface area contributed by atoms with Gasteiger partial charge in [-0.05, 0) is 0 Å². The summed E-state index contributed by atoms with van der Waals surface area (Å²) in [6.45, 7) is 4.57. The molecule has 2 aromatic carbocycles. The summed E-state index contributed by atoms with van der Waals surface area (Å²) in [6, 6.07) is 19.5. The van der Waals surface area contributed by atoms with Crippen molar-refractivity contribution in [3.8, 4) is 5.75 Å². The van der Waals surface area contributed by atoms with Gasteiger partial charge in [0, 0.05) is 0 Å². The number of nitrogens with zero attached hydrogens (tertiary/aromatic N) is 1. The Morgan fingerprint density at radius 1 is 1.08 bits per heavy atom. The van der Waals surface area contributed by atoms with E-state index in [4.69, 9.17) is 4.74 Å². The van der Waals surface area contributed by atoms with Crippen molar-refractivity contribution in [2.24, 2.45) is 0 Å². The molecule has 124 valence electrons. The Morgan fingerprint density at radius 2 is 1.71 bits per heavy atom. The molecule has 0 amide bonds. The summed E-state index contributed by atoms with van der Waals surface area (Å²) in [5, 5.41) is 0. The SMILES string of the molecule is C=C(C(=C[CH]=[W])Oc1ccccc1)N(CC[18F])Cc1ccccc1. The first-order chi connectivity index (χ1) is 11.7. The van der Waals surface area contributed by atoms with Crippen molar-refractivity contribution in [3.05, 3.63) is 90.3 Å². The zero-order chi connectivity index (χ0) is 17.2. The van der Waals surface area contributed by atoms with Gasteiger partial charge >= 0.3 is 154 Å². The van der Waals surface area contributed by atoms with Crippen LogP contribution in [-0.4, -0.2) is 22.5 Å². The number of hydrogen-bond acceptors (Lipinski definition) is 2. The molecule has 0 saturated carbocycles. The van der Waals surface area contributed by atoms with Gasteiger partial charge in [0.25, 0.3) is 0 Å². The number of benzene rings is 2. The Morgan fingerprint density at radius 3 is 2.29 bits per heavy atom. The molecule has 0 aliphatic heterocycles. The first-order valence-electron chi connectivity index (χ1n) is 7.67. The van der Waals surface area contributed by atoms with Crippen LogP contribution in [0.2, 0.25) is 0 Å². The van der Waals surface area contributed by atoms with Crippen molar-refractivity contribution in [2.45, 2.75) is 6.54 Å². The Kier molecular flexibility index (Phi) is 7.64. The fraction of sp³-hybridized carbons (Fsp3) is 0.150. The van der Waals surface area contributed by atoms with Crippen LogP contribution >= 0.6 is 0 Å². The Labute approximate surface area is 153 Å². The second-order valence-corrected chi connectivity index (χ2v) is 6.10. The monoisotopic (exact) mass is 492 g/mol. The fourth-order valence-corrected chi connectivity index (χ4v) is 2.68. The predicted octanol–water partition coefficient (Wildman–Crippen LogP) is 4.28. The molecule has 0 radical (unpaired) electrons. The van der Waals surface area contributed by atoms with E-state index in [1.54, 1.807) is 0 Å². The standard InChI is InChI=1S/C20H20FNO.W/c1-3-20(23-19-12-8-5-9-13-19)17(2)22(15-14-21)16-18-10-6-4-7-11-18;/h1,3-13H,2,14-16H2;/i21-1;. The number of rotatable bonds is 9. The van der Waals surface area contributed by atoms with Crippen LogP contribution in [0.4, 0.5) is 4.39 Å². The van der Waals surface area contributed by atoms with E-state index in [1.165, 1.54) is 19.4 Å². The molecule has 2 rings (SSSR count). The number of halogens is 1. The summed E-state index contributed by atoms with van der Waals surface area (Å²) in [6.07, 6.45) is 1.89. The van der Waals surface area contributed by atoms with Crippen LogP contribution in [0, 0.1) is 0 Å². The molecule has 24 heavy (non-hydrogen) atoms. The molecule has 0 unspecified atom stereocenters. The quantitative estimate of drug-likeness (QED) is 0.383. The summed E-state index contributed by atoms with van der Waals surface area (Å²) in [5.41, 5.74) is 1.79. The van der Waals surface area contributed by atoms with E-state index < -0.39 is 6.67 Å². The minimum atomic E-state index is -0.439. The number of hydrogen-bond donors (Lipinski definition) is 0. The molecule has 4 heteroatoms. The summed E-state index contributed by atoms with van der Waals surface area (Å²) >= 11 is 1.31. The van der Waals surface area contributed by atoms with Gasteiger partial charge in [0.15, 0.2) is 0 Å². The van der Waals surface area contributed by atoms with Crippen LogP contribution in [-0.2, 0) is 25.9 Å². The molecule has 2 aromatic rings. The van der Waals surface area contributed by atoms with E-state index in [1.807, 2.05) is 76.0 Å². The van der Waals surface area contributed by atoms with Crippen molar-refractivity contribution in [2.75, 3.05) is 13.2 Å². The Hall–Kier alpha value is -1.99. The molecule has 2 nitrogen and oxygen atoms in total. The molecule has 0 aromatic heterocycles. The van der Waals surface area contributed by atoms with Crippen LogP contribution in [0.1, 0.15) is 5.56 Å². The molecular formula is C20H20FNOW. The van der Waals surface area contributed by atoms with Crippen LogP contribution in [0.25, 0.3) is 0 Å². The summed E-state index contributed by atoms with van der Waals surface area (Å²) < 4.78 is 21.0. The second kappa shape index (κ2) is 9.99. The van der Waals surface area contributed by atoms with Crippen molar-refractivity contribution >= 4 is 4.40 Å². The summed E-state index contributed by atoms with van der Waals surface area (Å²) in [7, 11) is 0. The van der Waals surface area contributed by atoms with Gasteiger partial charge in [-0.3, -0.25) is 0 Å². The van der Waals surface area contributed by atoms with E-state index in [2.05, 4.69) is 6.58 Å². The average Bonchev–Trinajstić information content (AvgIpc) is 2.62. The normalized spacial score (nSPS) is 11.0. The third kappa shape index (κ3) is 5.58. The van der Waals surface area contributed by atoms with Crippen LogP contribution in [0.5, 0.6) is 5.75 Å². The number of alkyl halides is 1. The van der Waals surface area contributed by atoms with Crippen molar-refractivity contribution in [3.63, 3.8) is 0 Å². The maximum absolute atomic E-state index is 13.0. The molecule has 0 saturated heterocycles. The topological polar surface area (TPSA) is 12.5 Å². The van der Waals surface area contributed by atoms with Crippen LogP contribution in [0.3, 0.4) is 0 Å². The van der Waals surface area contributed by atoms with E-state index >= 15 is 0 Å². The van der Waals surface area contributed by atoms with Gasteiger partial charge in [0.2, 0.25) is 0 Å². The van der Waals surface area contributed by atoms with Crippen LogP contribution < -0.4 is 4.74 Å². The fourth-order valence-electron chi connectivity index (χ4n) is 2.24. The Bertz CT molecular complexity index is 685. The van der Waals surface area contributed by atoms with E-state index in [9.17, 15) is 4.39 Å². The van der Waals surface area contributed by atoms with Crippen molar-refractivity contribution in [1.29, 1.82) is 0 Å². The zero-order valence-corrected chi connectivity index (χ0v) is 16.3. The van der Waals surface area contributed by atoms with Gasteiger partial charge < -0.3 is 0 Å². The van der Waals surface area contributed by atoms with Gasteiger partial charge in [-0.25, -0.2) is 0 Å². The maximum atomic E-state index is 13.0. The first-order valence-corrected chi connectivity index (χ1v) is 9.36. The van der Waals surface area contributed by atoms with Gasteiger partial charge in [-0.1, -0.05) is 0 Å². The van der Waals surface area contributed by atoms with Crippen molar-refractivity contribution < 1.29 is 28.5 Å². The van der Waals surface area contributed by atoms with Crippen LogP contribution in [0.15, 0.2) is 84.8 Å². The van der Waals surface area contributed by atoms with Gasteiger partial charge in [0.1, 0.15) is 0 Å². The predicted molar refractivity (Wildman–Crippen MR) is 93.2 cm³/mol. The number of ether oxygens (including phenoxy) is 1. The third-order valence-corrected chi connectivity index (χ3v) is 3.92. The molecule has 0 N–H and O–H groups in total. The molecule has 0 aliphatic carbocycles. The molecule has 0 bridgehead atoms. The molecule has 0 fully saturated rings. The molecular weight excluding hydrogens is 472 g/mol. The van der Waals surface area contributed by atoms with E-state index in [0.29, 0.717) is 18.0 Å². The van der Waals surface area contributed by atoms with E-state index in [-0.39, 0.29) is 6.54 Å². The molecule has 0 heterocycles. The summed E-state index contributed by atoms with van der Waals surface area (Å²) in [4.78, 5) is 1.91. The molecule has 0 atom stereocenters. The first kappa shape index (κ1) is 18.3. The molecule has 0 aliphatic rings. The van der Waals surface area contributed by atoms with Crippen molar-refractivity contribution in [1.82, 2.24) is 4.90 Å². The molecule has 0 spiro atoms. The van der Waals surface area contributed by atoms with Gasteiger partial charge in [-0.2, -0.15) is 0 Å². The van der Waals surface area contributed by atoms with Gasteiger partial charge in [0.05, 0.1) is 0 Å². The zero-order valence-electron chi connectivity index (χ0n) is 13.4. The van der Waals surface area contributed by atoms with Gasteiger partial charge in [-0.15, -0.1) is 0 Å². The average molecular weight is 492 g/mol. The van der Waals surface area contributed by atoms with E-state index in [0.717, 1.165) is 11.3 Å². The number of para-hydroxylation sites is 1. The Balaban J connectivity index is 2.18. The second-order valence-electron chi connectivity index (χ2n) is 5.12. The number of allylic oxidation sites excluding steroid dienone is 1. The summed E-state index contributed by atoms with van der Waals surface area (Å²) in [5.74, 6) is 1.38. The third-order valence-electron chi connectivity index (χ3n) is 3.43.